The Morgan fingerprint density at radius 1 is 0.862 bits per heavy atom. The summed E-state index contributed by atoms with van der Waals surface area (Å²) in [4.78, 5) is 25.9. The molecule has 0 aromatic heterocycles. The molecule has 0 radical (unpaired) electrons. The van der Waals surface area contributed by atoms with Crippen LogP contribution in [0.3, 0.4) is 0 Å². The summed E-state index contributed by atoms with van der Waals surface area (Å²) in [6.45, 7) is 8.90. The maximum absolute atomic E-state index is 13.0. The van der Waals surface area contributed by atoms with Crippen LogP contribution in [0.5, 0.6) is 0 Å². The molecule has 0 saturated carbocycles. The Morgan fingerprint density at radius 3 is 2.00 bits per heavy atom. The van der Waals surface area contributed by atoms with Crippen molar-refractivity contribution in [2.24, 2.45) is 11.8 Å². The second-order valence-electron chi connectivity index (χ2n) is 8.24. The van der Waals surface area contributed by atoms with Gasteiger partial charge in [0, 0.05) is 17.2 Å². The van der Waals surface area contributed by atoms with Gasteiger partial charge in [0.15, 0.2) is 6.04 Å². The van der Waals surface area contributed by atoms with E-state index in [1.54, 1.807) is 0 Å². The Kier molecular flexibility index (Phi) is 8.87. The van der Waals surface area contributed by atoms with Crippen molar-refractivity contribution in [2.45, 2.75) is 52.7 Å². The molecule has 0 fully saturated rings. The number of hydrogen-bond donors (Lipinski definition) is 3. The van der Waals surface area contributed by atoms with E-state index >= 15 is 0 Å². The van der Waals surface area contributed by atoms with Gasteiger partial charge in [0.05, 0.1) is 0 Å². The maximum atomic E-state index is 13.0. The minimum Gasteiger partial charge on any atom is -0.339 e. The van der Waals surface area contributed by atoms with Crippen molar-refractivity contribution in [3.05, 3.63) is 66.2 Å². The van der Waals surface area contributed by atoms with E-state index in [1.165, 1.54) is 5.56 Å². The van der Waals surface area contributed by atoms with Gasteiger partial charge in [0.2, 0.25) is 5.91 Å². The van der Waals surface area contributed by atoms with Gasteiger partial charge >= 0.3 is 0 Å². The fourth-order valence-corrected chi connectivity index (χ4v) is 3.28. The minimum absolute atomic E-state index is 0.0928. The van der Waals surface area contributed by atoms with E-state index in [2.05, 4.69) is 41.9 Å². The highest BCUT2D eigenvalue weighted by Crippen LogP contribution is 2.11. The Morgan fingerprint density at radius 2 is 1.45 bits per heavy atom. The number of quaternary nitrogens is 1. The third kappa shape index (κ3) is 7.70. The summed E-state index contributed by atoms with van der Waals surface area (Å²) in [5.41, 5.74) is 1.91. The van der Waals surface area contributed by atoms with Gasteiger partial charge in [0.1, 0.15) is 12.6 Å². The van der Waals surface area contributed by atoms with Crippen LogP contribution in [0.4, 0.5) is 5.69 Å². The SMILES string of the molecule is CC(C)C[C@H](NC(=O)[C@@H]([NH2+]Cc1ccccc1)C(C)C)C(=O)Nc1ccccc1. The second-order valence-corrected chi connectivity index (χ2v) is 8.24. The van der Waals surface area contributed by atoms with Gasteiger partial charge in [-0.05, 0) is 24.5 Å². The van der Waals surface area contributed by atoms with E-state index in [-0.39, 0.29) is 29.7 Å². The molecule has 2 aromatic carbocycles. The summed E-state index contributed by atoms with van der Waals surface area (Å²) < 4.78 is 0. The molecule has 2 atom stereocenters. The average Bonchev–Trinajstić information content (AvgIpc) is 2.68. The van der Waals surface area contributed by atoms with E-state index in [0.717, 1.165) is 12.2 Å². The number of para-hydroxylation sites is 1. The first kappa shape index (κ1) is 22.6. The maximum Gasteiger partial charge on any atom is 0.279 e. The molecule has 0 bridgehead atoms. The normalized spacial score (nSPS) is 13.2. The summed E-state index contributed by atoms with van der Waals surface area (Å²) >= 11 is 0. The van der Waals surface area contributed by atoms with Gasteiger partial charge in [-0.25, -0.2) is 0 Å². The van der Waals surface area contributed by atoms with Gasteiger partial charge < -0.3 is 16.0 Å². The van der Waals surface area contributed by atoms with Crippen molar-refractivity contribution in [1.82, 2.24) is 5.32 Å². The number of hydrogen-bond acceptors (Lipinski definition) is 2. The zero-order chi connectivity index (χ0) is 21.2. The Labute approximate surface area is 174 Å². The first-order valence-corrected chi connectivity index (χ1v) is 10.4. The van der Waals surface area contributed by atoms with Crippen molar-refractivity contribution in [1.29, 1.82) is 0 Å². The first-order chi connectivity index (χ1) is 13.9. The number of benzene rings is 2. The molecule has 4 N–H and O–H groups in total. The third-order valence-electron chi connectivity index (χ3n) is 4.85. The fraction of sp³-hybridized carbons (Fsp3) is 0.417. The number of nitrogens with two attached hydrogens (primary N) is 1. The smallest absolute Gasteiger partial charge is 0.279 e. The Balaban J connectivity index is 2.04. The molecule has 2 aromatic rings. The first-order valence-electron chi connectivity index (χ1n) is 10.4. The molecular weight excluding hydrogens is 362 g/mol. The van der Waals surface area contributed by atoms with Crippen LogP contribution in [0.25, 0.3) is 0 Å². The number of anilines is 1. The predicted molar refractivity (Wildman–Crippen MR) is 117 cm³/mol. The molecule has 0 aliphatic heterocycles. The van der Waals surface area contributed by atoms with Crippen molar-refractivity contribution >= 4 is 17.5 Å². The zero-order valence-electron chi connectivity index (χ0n) is 17.9. The molecule has 0 unspecified atom stereocenters. The molecule has 0 saturated heterocycles. The molecule has 5 nitrogen and oxygen atoms in total. The summed E-state index contributed by atoms with van der Waals surface area (Å²) in [6.07, 6.45) is 0.591. The number of carbonyl (C=O) groups is 2. The van der Waals surface area contributed by atoms with Crippen LogP contribution in [0.1, 0.15) is 39.7 Å². The molecule has 0 heterocycles. The Hall–Kier alpha value is -2.66. The van der Waals surface area contributed by atoms with Crippen LogP contribution in [0, 0.1) is 11.8 Å². The van der Waals surface area contributed by atoms with E-state index in [1.807, 2.05) is 62.4 Å². The topological polar surface area (TPSA) is 74.8 Å². The van der Waals surface area contributed by atoms with Crippen molar-refractivity contribution in [3.8, 4) is 0 Å². The van der Waals surface area contributed by atoms with Crippen LogP contribution >= 0.6 is 0 Å². The van der Waals surface area contributed by atoms with E-state index < -0.39 is 6.04 Å². The highest BCUT2D eigenvalue weighted by Gasteiger charge is 2.30. The molecule has 2 rings (SSSR count). The van der Waals surface area contributed by atoms with Crippen LogP contribution in [0.15, 0.2) is 60.7 Å². The molecule has 0 aliphatic rings. The van der Waals surface area contributed by atoms with Gasteiger partial charge in [-0.1, -0.05) is 76.2 Å². The lowest BCUT2D eigenvalue weighted by atomic mass is 9.99. The molecular formula is C24H34N3O2+. The van der Waals surface area contributed by atoms with Crippen LogP contribution < -0.4 is 16.0 Å². The monoisotopic (exact) mass is 396 g/mol. The predicted octanol–water partition coefficient (Wildman–Crippen LogP) is 2.94. The number of nitrogens with one attached hydrogen (secondary N) is 2. The lowest BCUT2D eigenvalue weighted by Crippen LogP contribution is -2.92. The van der Waals surface area contributed by atoms with E-state index in [4.69, 9.17) is 0 Å². The molecule has 156 valence electrons. The lowest BCUT2D eigenvalue weighted by molar-refractivity contribution is -0.697. The lowest BCUT2D eigenvalue weighted by Gasteiger charge is -2.24. The standard InChI is InChI=1S/C24H33N3O2/c1-17(2)15-21(23(28)26-20-13-9-6-10-14-20)27-24(29)22(18(3)4)25-16-19-11-7-5-8-12-19/h5-14,17-18,21-22,25H,15-16H2,1-4H3,(H,26,28)(H,27,29)/p+1/t21-,22-/m0/s1. The quantitative estimate of drug-likeness (QED) is 0.578. The van der Waals surface area contributed by atoms with Gasteiger partial charge in [0.25, 0.3) is 5.91 Å². The molecule has 0 spiro atoms. The number of rotatable bonds is 10. The van der Waals surface area contributed by atoms with E-state index in [9.17, 15) is 9.59 Å². The van der Waals surface area contributed by atoms with E-state index in [0.29, 0.717) is 6.42 Å². The highest BCUT2D eigenvalue weighted by atomic mass is 16.2. The van der Waals surface area contributed by atoms with Crippen LogP contribution in [0.2, 0.25) is 0 Å². The molecule has 5 heteroatoms. The number of amides is 2. The van der Waals surface area contributed by atoms with Gasteiger partial charge in [-0.15, -0.1) is 0 Å². The van der Waals surface area contributed by atoms with Gasteiger partial charge in [-0.3, -0.25) is 9.59 Å². The molecule has 2 amide bonds. The summed E-state index contributed by atoms with van der Waals surface area (Å²) in [5, 5.41) is 7.97. The van der Waals surface area contributed by atoms with Crippen molar-refractivity contribution < 1.29 is 14.9 Å². The summed E-state index contributed by atoms with van der Waals surface area (Å²) in [6, 6.07) is 18.6. The highest BCUT2D eigenvalue weighted by molar-refractivity contribution is 5.97. The van der Waals surface area contributed by atoms with Gasteiger partial charge in [-0.2, -0.15) is 0 Å². The fourth-order valence-electron chi connectivity index (χ4n) is 3.28. The second kappa shape index (κ2) is 11.4. The largest absolute Gasteiger partial charge is 0.339 e. The Bertz CT molecular complexity index is 760. The minimum atomic E-state index is -0.561. The summed E-state index contributed by atoms with van der Waals surface area (Å²) in [5.74, 6) is 0.164. The third-order valence-corrected chi connectivity index (χ3v) is 4.85. The van der Waals surface area contributed by atoms with Crippen molar-refractivity contribution in [3.63, 3.8) is 0 Å². The molecule has 0 aliphatic carbocycles. The molecule has 29 heavy (non-hydrogen) atoms. The zero-order valence-corrected chi connectivity index (χ0v) is 17.9. The average molecular weight is 397 g/mol. The van der Waals surface area contributed by atoms with Crippen LogP contribution in [-0.4, -0.2) is 23.9 Å². The van der Waals surface area contributed by atoms with Crippen LogP contribution in [-0.2, 0) is 16.1 Å². The van der Waals surface area contributed by atoms with Crippen molar-refractivity contribution in [2.75, 3.05) is 5.32 Å². The summed E-state index contributed by atoms with van der Waals surface area (Å²) in [7, 11) is 0. The number of carbonyl (C=O) groups excluding carboxylic acids is 2.